The molecule has 0 aliphatic carbocycles. The molecule has 22 nitrogen and oxygen atoms in total. The minimum absolute atomic E-state index is 0.0237. The zero-order chi connectivity index (χ0) is 61.3. The number of rotatable bonds is 69. The molecule has 0 aliphatic rings. The Labute approximate surface area is 503 Å². The summed E-state index contributed by atoms with van der Waals surface area (Å²) in [5.41, 5.74) is 0. The monoisotopic (exact) mass is 1200 g/mol. The molecule has 22 heteroatoms. The molecule has 0 spiro atoms. The van der Waals surface area contributed by atoms with Gasteiger partial charge in [-0.3, -0.25) is 38.4 Å². The number of carbonyl (C=O) groups excluding carboxylic acids is 6. The lowest BCUT2D eigenvalue weighted by Gasteiger charge is -2.12. The van der Waals surface area contributed by atoms with Gasteiger partial charge in [-0.05, 0) is 25.7 Å². The summed E-state index contributed by atoms with van der Waals surface area (Å²) in [7, 11) is 0. The summed E-state index contributed by atoms with van der Waals surface area (Å²) in [4.78, 5) is 93.0. The van der Waals surface area contributed by atoms with Gasteiger partial charge in [0.25, 0.3) is 0 Å². The van der Waals surface area contributed by atoms with Crippen molar-refractivity contribution in [2.45, 2.75) is 224 Å². The fourth-order valence-electron chi connectivity index (χ4n) is 8.84. The predicted molar refractivity (Wildman–Crippen MR) is 321 cm³/mol. The van der Waals surface area contributed by atoms with E-state index in [4.69, 9.17) is 48.1 Å². The van der Waals surface area contributed by atoms with Crippen molar-refractivity contribution in [1.82, 2.24) is 21.3 Å². The van der Waals surface area contributed by atoms with Crippen LogP contribution < -0.4 is 21.3 Å². The van der Waals surface area contributed by atoms with Crippen molar-refractivity contribution in [3.8, 4) is 0 Å². The number of ketones is 1. The van der Waals surface area contributed by atoms with Crippen LogP contribution in [0.4, 0.5) is 0 Å². The first-order valence-electron chi connectivity index (χ1n) is 32.2. The van der Waals surface area contributed by atoms with Gasteiger partial charge in [-0.1, -0.05) is 167 Å². The minimum atomic E-state index is -1.31. The molecule has 0 saturated heterocycles. The smallest absolute Gasteiger partial charge is 0.303 e. The second-order valence-electron chi connectivity index (χ2n) is 21.3. The number of aliphatic carboxylic acids is 2. The van der Waals surface area contributed by atoms with E-state index in [1.807, 2.05) is 0 Å². The molecule has 4 amide bonds. The second-order valence-corrected chi connectivity index (χ2v) is 21.3. The second kappa shape index (κ2) is 64.8. The van der Waals surface area contributed by atoms with Gasteiger partial charge in [0.05, 0.1) is 79.3 Å². The van der Waals surface area contributed by atoms with Crippen LogP contribution in [0.25, 0.3) is 0 Å². The van der Waals surface area contributed by atoms with Gasteiger partial charge in [-0.15, -0.1) is 0 Å². The highest BCUT2D eigenvalue weighted by Gasteiger charge is 2.18. The molecule has 0 radical (unpaired) electrons. The van der Waals surface area contributed by atoms with Gasteiger partial charge in [0, 0.05) is 51.9 Å². The number of hydrogen-bond donors (Lipinski definition) is 6. The molecule has 0 aromatic heterocycles. The summed E-state index contributed by atoms with van der Waals surface area (Å²) in [6, 6.07) is 0. The third-order valence-electron chi connectivity index (χ3n) is 13.7. The number of Topliss-reactive ketones (excluding diaryl/α,β-unsaturated/α-hetero) is 1. The first kappa shape index (κ1) is 79.8. The summed E-state index contributed by atoms with van der Waals surface area (Å²) in [6.07, 6.45) is 35.5. The molecule has 0 rings (SSSR count). The number of aldehydes is 1. The Bertz CT molecular complexity index is 1600. The van der Waals surface area contributed by atoms with Gasteiger partial charge < -0.3 is 69.4 Å². The summed E-state index contributed by atoms with van der Waals surface area (Å²) in [5.74, 6) is -2.53. The quantitative estimate of drug-likeness (QED) is 0.0190. The number of hydrogen-bond acceptors (Lipinski definition) is 16. The van der Waals surface area contributed by atoms with Crippen LogP contribution >= 0.6 is 0 Å². The van der Waals surface area contributed by atoms with Crippen molar-refractivity contribution in [2.24, 2.45) is 0 Å². The van der Waals surface area contributed by atoms with E-state index in [-0.39, 0.29) is 122 Å². The highest BCUT2D eigenvalue weighted by Crippen LogP contribution is 2.16. The Morgan fingerprint density at radius 2 is 0.524 bits per heavy atom. The average molecular weight is 1200 g/mol. The number of carbonyl (C=O) groups is 8. The van der Waals surface area contributed by atoms with Crippen LogP contribution in [0.2, 0.25) is 0 Å². The summed E-state index contributed by atoms with van der Waals surface area (Å²) < 4.78 is 43.0. The van der Waals surface area contributed by atoms with E-state index < -0.39 is 23.8 Å². The maximum absolute atomic E-state index is 12.3. The minimum Gasteiger partial charge on any atom is -0.481 e. The van der Waals surface area contributed by atoms with Gasteiger partial charge >= 0.3 is 11.9 Å². The molecule has 1 unspecified atom stereocenters. The zero-order valence-corrected chi connectivity index (χ0v) is 51.6. The van der Waals surface area contributed by atoms with E-state index in [2.05, 4.69) is 21.3 Å². The van der Waals surface area contributed by atoms with E-state index in [0.717, 1.165) is 77.0 Å². The van der Waals surface area contributed by atoms with Crippen LogP contribution in [-0.4, -0.2) is 189 Å². The molecule has 0 aromatic rings. The maximum Gasteiger partial charge on any atom is 0.303 e. The lowest BCUT2D eigenvalue weighted by atomic mass is 10.0. The third-order valence-corrected chi connectivity index (χ3v) is 13.7. The molecule has 0 fully saturated rings. The lowest BCUT2D eigenvalue weighted by Crippen LogP contribution is -2.33. The van der Waals surface area contributed by atoms with Crippen LogP contribution in [0.5, 0.6) is 0 Å². The Kier molecular flexibility index (Phi) is 61.6. The number of carboxylic acids is 2. The number of nitrogens with one attached hydrogen (secondary N) is 4. The van der Waals surface area contributed by atoms with Crippen molar-refractivity contribution in [3.05, 3.63) is 0 Å². The van der Waals surface area contributed by atoms with Gasteiger partial charge in [-0.25, -0.2) is 0 Å². The van der Waals surface area contributed by atoms with Gasteiger partial charge in [-0.2, -0.15) is 0 Å². The van der Waals surface area contributed by atoms with Crippen LogP contribution in [0.15, 0.2) is 0 Å². The Morgan fingerprint density at radius 1 is 0.286 bits per heavy atom. The largest absolute Gasteiger partial charge is 0.481 e. The SMILES string of the molecule is O=CC(OCCOCCNC(=O)COCCOCCNC(=O)CCCCCCCCCCCCCCCCCCC(=O)O)C(=O)COCCOCCNC(=O)COCCOCCNC(=O)CCCCCCCCCCCCCCCCC(=O)O. The highest BCUT2D eigenvalue weighted by molar-refractivity contribution is 5.97. The van der Waals surface area contributed by atoms with E-state index in [1.54, 1.807) is 0 Å². The molecule has 0 aliphatic heterocycles. The number of carboxylic acid groups (broad SMARTS) is 2. The molecular formula is C62H114N4O18. The van der Waals surface area contributed by atoms with Gasteiger partial charge in [0.2, 0.25) is 23.6 Å². The van der Waals surface area contributed by atoms with Gasteiger partial charge in [0.15, 0.2) is 18.2 Å². The Morgan fingerprint density at radius 3 is 0.810 bits per heavy atom. The van der Waals surface area contributed by atoms with Crippen molar-refractivity contribution >= 4 is 47.6 Å². The highest BCUT2D eigenvalue weighted by atomic mass is 16.5. The molecule has 0 bridgehead atoms. The fourth-order valence-corrected chi connectivity index (χ4v) is 8.84. The Hall–Kier alpha value is -4.16. The summed E-state index contributed by atoms with van der Waals surface area (Å²) >= 11 is 0. The first-order chi connectivity index (χ1) is 41.0. The van der Waals surface area contributed by atoms with Gasteiger partial charge in [0.1, 0.15) is 19.8 Å². The molecule has 0 saturated carbocycles. The standard InChI is InChI=1S/C62H114N4O18/c67-51-56(84-50-49-80-42-38-66-60(72)54-83-48-45-78-40-36-64-57(69)31-27-23-19-15-11-7-3-1-2-4-9-13-17-21-25-29-33-61(73)74)55(68)52-81-46-43-79-41-37-65-59(71)53-82-47-44-77-39-35-63-58(70)32-28-24-20-16-12-8-5-6-10-14-18-22-26-30-34-62(75)76/h51,56H,1-50,52-54H2,(H,63,70)(H,64,69)(H,65,71)(H,66,72)(H,73,74)(H,75,76). The normalized spacial score (nSPS) is 11.6. The molecule has 1 atom stereocenters. The number of ether oxygens (including phenoxy) is 8. The molecular weight excluding hydrogens is 1090 g/mol. The molecule has 0 aromatic carbocycles. The van der Waals surface area contributed by atoms with E-state index in [0.29, 0.717) is 58.5 Å². The Balaban J connectivity index is 3.49. The summed E-state index contributed by atoms with van der Waals surface area (Å²) in [6.45, 7) is 3.14. The zero-order valence-electron chi connectivity index (χ0n) is 51.6. The van der Waals surface area contributed by atoms with E-state index in [9.17, 15) is 38.4 Å². The topological polar surface area (TPSA) is 299 Å². The number of unbranched alkanes of at least 4 members (excludes halogenated alkanes) is 28. The molecule has 490 valence electrons. The average Bonchev–Trinajstić information content (AvgIpc) is 3.49. The first-order valence-corrected chi connectivity index (χ1v) is 32.2. The van der Waals surface area contributed by atoms with Crippen molar-refractivity contribution < 1.29 is 86.5 Å². The third kappa shape index (κ3) is 63.9. The molecule has 84 heavy (non-hydrogen) atoms. The van der Waals surface area contributed by atoms with E-state index >= 15 is 0 Å². The van der Waals surface area contributed by atoms with E-state index in [1.165, 1.54) is 116 Å². The predicted octanol–water partition coefficient (Wildman–Crippen LogP) is 8.15. The maximum atomic E-state index is 12.3. The van der Waals surface area contributed by atoms with Crippen LogP contribution in [0.1, 0.15) is 218 Å². The molecule has 0 heterocycles. The van der Waals surface area contributed by atoms with Crippen molar-refractivity contribution in [2.75, 3.05) is 125 Å². The lowest BCUT2D eigenvalue weighted by molar-refractivity contribution is -0.142. The van der Waals surface area contributed by atoms with Crippen LogP contribution in [0.3, 0.4) is 0 Å². The number of amides is 4. The summed E-state index contributed by atoms with van der Waals surface area (Å²) in [5, 5.41) is 28.4. The van der Waals surface area contributed by atoms with Crippen LogP contribution in [0, 0.1) is 0 Å². The van der Waals surface area contributed by atoms with Crippen molar-refractivity contribution in [1.29, 1.82) is 0 Å². The van der Waals surface area contributed by atoms with Crippen LogP contribution in [-0.2, 0) is 76.3 Å². The molecule has 6 N–H and O–H groups in total. The van der Waals surface area contributed by atoms with Crippen molar-refractivity contribution in [3.63, 3.8) is 0 Å². The fraction of sp³-hybridized carbons (Fsp3) is 0.871.